The molecule has 2 N–H and O–H groups in total. The summed E-state index contributed by atoms with van der Waals surface area (Å²) in [5, 5.41) is 12.9. The van der Waals surface area contributed by atoms with Crippen molar-refractivity contribution in [2.75, 3.05) is 13.1 Å². The molecular formula is C16H25NO. The molecule has 100 valence electrons. The summed E-state index contributed by atoms with van der Waals surface area (Å²) in [6.45, 7) is 5.25. The Morgan fingerprint density at radius 1 is 1.17 bits per heavy atom. The van der Waals surface area contributed by atoms with Crippen molar-refractivity contribution in [3.8, 4) is 0 Å². The second-order valence-corrected chi connectivity index (χ2v) is 6.05. The fourth-order valence-electron chi connectivity index (χ4n) is 2.57. The first-order valence-electron chi connectivity index (χ1n) is 7.08. The summed E-state index contributed by atoms with van der Waals surface area (Å²) in [5.41, 5.74) is 3.91. The van der Waals surface area contributed by atoms with E-state index < -0.39 is 5.60 Å². The van der Waals surface area contributed by atoms with E-state index in [9.17, 15) is 5.11 Å². The minimum atomic E-state index is -0.615. The van der Waals surface area contributed by atoms with Crippen LogP contribution in [0.2, 0.25) is 0 Å². The molecule has 0 fully saturated rings. The van der Waals surface area contributed by atoms with E-state index in [4.69, 9.17) is 0 Å². The molecule has 0 unspecified atom stereocenters. The van der Waals surface area contributed by atoms with Gasteiger partial charge in [0.05, 0.1) is 5.60 Å². The second kappa shape index (κ2) is 5.85. The van der Waals surface area contributed by atoms with Crippen molar-refractivity contribution >= 4 is 0 Å². The van der Waals surface area contributed by atoms with Crippen LogP contribution in [0.25, 0.3) is 0 Å². The molecule has 0 aromatic heterocycles. The number of aliphatic hydroxyl groups is 1. The third-order valence-corrected chi connectivity index (χ3v) is 3.56. The highest BCUT2D eigenvalue weighted by Gasteiger charge is 2.11. The highest BCUT2D eigenvalue weighted by molar-refractivity contribution is 5.33. The SMILES string of the molecule is CC(C)(O)CNCCc1ccc2c(c1)CCCC2. The maximum absolute atomic E-state index is 9.61. The van der Waals surface area contributed by atoms with Crippen LogP contribution in [-0.2, 0) is 19.3 Å². The minimum absolute atomic E-state index is 0.615. The van der Waals surface area contributed by atoms with Gasteiger partial charge in [0, 0.05) is 6.54 Å². The normalized spacial score (nSPS) is 15.5. The predicted octanol–water partition coefficient (Wildman–Crippen LogP) is 2.47. The molecule has 1 aliphatic carbocycles. The molecule has 1 aliphatic rings. The van der Waals surface area contributed by atoms with Gasteiger partial charge in [-0.15, -0.1) is 0 Å². The van der Waals surface area contributed by atoms with Gasteiger partial charge in [-0.3, -0.25) is 0 Å². The van der Waals surface area contributed by atoms with Gasteiger partial charge in [-0.05, 0) is 69.2 Å². The minimum Gasteiger partial charge on any atom is -0.389 e. The molecular weight excluding hydrogens is 222 g/mol. The average Bonchev–Trinajstić information content (AvgIpc) is 2.33. The number of fused-ring (bicyclic) bond motifs is 1. The van der Waals surface area contributed by atoms with Gasteiger partial charge in [-0.1, -0.05) is 18.2 Å². The zero-order valence-corrected chi connectivity index (χ0v) is 11.6. The van der Waals surface area contributed by atoms with E-state index in [0.29, 0.717) is 6.54 Å². The molecule has 2 rings (SSSR count). The highest BCUT2D eigenvalue weighted by atomic mass is 16.3. The van der Waals surface area contributed by atoms with Crippen LogP contribution in [0.1, 0.15) is 43.4 Å². The Bertz CT molecular complexity index is 393. The Kier molecular flexibility index (Phi) is 4.41. The van der Waals surface area contributed by atoms with Crippen LogP contribution >= 0.6 is 0 Å². The number of hydrogen-bond donors (Lipinski definition) is 2. The maximum Gasteiger partial charge on any atom is 0.0715 e. The second-order valence-electron chi connectivity index (χ2n) is 6.05. The third kappa shape index (κ3) is 4.11. The lowest BCUT2D eigenvalue weighted by molar-refractivity contribution is 0.0801. The van der Waals surface area contributed by atoms with E-state index in [1.807, 2.05) is 13.8 Å². The molecule has 0 saturated heterocycles. The van der Waals surface area contributed by atoms with Crippen LogP contribution in [-0.4, -0.2) is 23.8 Å². The van der Waals surface area contributed by atoms with E-state index in [2.05, 4.69) is 23.5 Å². The fourth-order valence-corrected chi connectivity index (χ4v) is 2.57. The number of rotatable bonds is 5. The number of aryl methyl sites for hydroxylation is 2. The Hall–Kier alpha value is -0.860. The third-order valence-electron chi connectivity index (χ3n) is 3.56. The Labute approximate surface area is 110 Å². The number of nitrogens with one attached hydrogen (secondary N) is 1. The summed E-state index contributed by atoms with van der Waals surface area (Å²) in [4.78, 5) is 0. The molecule has 0 spiro atoms. The van der Waals surface area contributed by atoms with Crippen LogP contribution in [0.3, 0.4) is 0 Å². The molecule has 0 bridgehead atoms. The van der Waals surface area contributed by atoms with Crippen molar-refractivity contribution in [3.63, 3.8) is 0 Å². The van der Waals surface area contributed by atoms with E-state index in [-0.39, 0.29) is 0 Å². The van der Waals surface area contributed by atoms with E-state index in [0.717, 1.165) is 13.0 Å². The van der Waals surface area contributed by atoms with Crippen molar-refractivity contribution < 1.29 is 5.11 Å². The Morgan fingerprint density at radius 3 is 2.61 bits per heavy atom. The van der Waals surface area contributed by atoms with E-state index >= 15 is 0 Å². The molecule has 1 aromatic carbocycles. The van der Waals surface area contributed by atoms with Gasteiger partial charge in [-0.2, -0.15) is 0 Å². The van der Waals surface area contributed by atoms with Crippen molar-refractivity contribution in [1.82, 2.24) is 5.32 Å². The first-order valence-corrected chi connectivity index (χ1v) is 7.08. The first-order chi connectivity index (χ1) is 8.54. The zero-order valence-electron chi connectivity index (χ0n) is 11.6. The highest BCUT2D eigenvalue weighted by Crippen LogP contribution is 2.22. The van der Waals surface area contributed by atoms with Gasteiger partial charge >= 0.3 is 0 Å². The molecule has 0 saturated carbocycles. The summed E-state index contributed by atoms with van der Waals surface area (Å²) in [7, 11) is 0. The fraction of sp³-hybridized carbons (Fsp3) is 0.625. The predicted molar refractivity (Wildman–Crippen MR) is 76.0 cm³/mol. The Morgan fingerprint density at radius 2 is 1.89 bits per heavy atom. The van der Waals surface area contributed by atoms with Gasteiger partial charge in [0.2, 0.25) is 0 Å². The quantitative estimate of drug-likeness (QED) is 0.783. The summed E-state index contributed by atoms with van der Waals surface area (Å²) < 4.78 is 0. The molecule has 0 atom stereocenters. The van der Waals surface area contributed by atoms with Gasteiger partial charge in [-0.25, -0.2) is 0 Å². The van der Waals surface area contributed by atoms with Gasteiger partial charge < -0.3 is 10.4 Å². The lowest BCUT2D eigenvalue weighted by Crippen LogP contribution is -2.35. The molecule has 2 heteroatoms. The maximum atomic E-state index is 9.61. The lowest BCUT2D eigenvalue weighted by atomic mass is 9.90. The molecule has 1 aromatic rings. The topological polar surface area (TPSA) is 32.3 Å². The first kappa shape index (κ1) is 13.6. The Balaban J connectivity index is 1.83. The van der Waals surface area contributed by atoms with Crippen molar-refractivity contribution in [2.24, 2.45) is 0 Å². The van der Waals surface area contributed by atoms with Gasteiger partial charge in [0.1, 0.15) is 0 Å². The summed E-state index contributed by atoms with van der Waals surface area (Å²) >= 11 is 0. The molecule has 18 heavy (non-hydrogen) atoms. The largest absolute Gasteiger partial charge is 0.389 e. The standard InChI is InChI=1S/C16H25NO/c1-16(2,18)12-17-10-9-13-7-8-14-5-3-4-6-15(14)11-13/h7-8,11,17-18H,3-6,9-10,12H2,1-2H3. The smallest absolute Gasteiger partial charge is 0.0715 e. The monoisotopic (exact) mass is 247 g/mol. The summed E-state index contributed by atoms with van der Waals surface area (Å²) in [6.07, 6.45) is 6.24. The lowest BCUT2D eigenvalue weighted by Gasteiger charge is -2.18. The molecule has 0 aliphatic heterocycles. The van der Waals surface area contributed by atoms with Gasteiger partial charge in [0.15, 0.2) is 0 Å². The van der Waals surface area contributed by atoms with Crippen molar-refractivity contribution in [1.29, 1.82) is 0 Å². The number of hydrogen-bond acceptors (Lipinski definition) is 2. The van der Waals surface area contributed by atoms with E-state index in [1.54, 1.807) is 11.1 Å². The van der Waals surface area contributed by atoms with Crippen LogP contribution in [0, 0.1) is 0 Å². The zero-order chi connectivity index (χ0) is 13.0. The molecule has 2 nitrogen and oxygen atoms in total. The van der Waals surface area contributed by atoms with Crippen molar-refractivity contribution in [3.05, 3.63) is 34.9 Å². The van der Waals surface area contributed by atoms with Crippen molar-refractivity contribution in [2.45, 2.75) is 51.6 Å². The number of benzene rings is 1. The van der Waals surface area contributed by atoms with Crippen LogP contribution < -0.4 is 5.32 Å². The molecule has 0 amide bonds. The van der Waals surface area contributed by atoms with Crippen LogP contribution in [0.15, 0.2) is 18.2 Å². The summed E-state index contributed by atoms with van der Waals surface area (Å²) in [5.74, 6) is 0. The van der Waals surface area contributed by atoms with Crippen LogP contribution in [0.4, 0.5) is 0 Å². The van der Waals surface area contributed by atoms with E-state index in [1.165, 1.54) is 31.2 Å². The molecule has 0 radical (unpaired) electrons. The average molecular weight is 247 g/mol. The summed E-state index contributed by atoms with van der Waals surface area (Å²) in [6, 6.07) is 6.94. The molecule has 0 heterocycles. The van der Waals surface area contributed by atoms with Gasteiger partial charge in [0.25, 0.3) is 0 Å². The van der Waals surface area contributed by atoms with Crippen LogP contribution in [0.5, 0.6) is 0 Å².